The summed E-state index contributed by atoms with van der Waals surface area (Å²) in [7, 11) is 0. The van der Waals surface area contributed by atoms with Gasteiger partial charge < -0.3 is 5.73 Å². The van der Waals surface area contributed by atoms with Crippen LogP contribution in [0.25, 0.3) is 0 Å². The fraction of sp³-hybridized carbons (Fsp3) is 0.750. The molecule has 1 aliphatic carbocycles. The van der Waals surface area contributed by atoms with Crippen LogP contribution in [0.4, 0.5) is 0 Å². The zero-order chi connectivity index (χ0) is 8.39. The monoisotopic (exact) mass is 166 g/mol. The molecule has 0 atom stereocenters. The number of aromatic nitrogens is 3. The zero-order valence-electron chi connectivity index (χ0n) is 7.03. The van der Waals surface area contributed by atoms with Crippen LogP contribution in [0.3, 0.4) is 0 Å². The molecule has 4 heteroatoms. The van der Waals surface area contributed by atoms with E-state index < -0.39 is 0 Å². The Kier molecular flexibility index (Phi) is 2.08. The highest BCUT2D eigenvalue weighted by atomic mass is 15.2. The second kappa shape index (κ2) is 3.23. The fourth-order valence-electron chi connectivity index (χ4n) is 1.80. The summed E-state index contributed by atoms with van der Waals surface area (Å²) in [5.74, 6) is 1.59. The zero-order valence-corrected chi connectivity index (χ0v) is 7.03. The first kappa shape index (κ1) is 7.73. The molecule has 0 bridgehead atoms. The molecule has 0 radical (unpaired) electrons. The highest BCUT2D eigenvalue weighted by Crippen LogP contribution is 2.29. The topological polar surface area (TPSA) is 67.6 Å². The summed E-state index contributed by atoms with van der Waals surface area (Å²) in [6.45, 7) is 0. The van der Waals surface area contributed by atoms with E-state index in [1.165, 1.54) is 0 Å². The molecule has 1 heterocycles. The van der Waals surface area contributed by atoms with E-state index in [2.05, 4.69) is 15.2 Å². The van der Waals surface area contributed by atoms with Crippen LogP contribution in [0, 0.1) is 0 Å². The molecule has 2 rings (SSSR count). The summed E-state index contributed by atoms with van der Waals surface area (Å²) in [5, 5.41) is 6.77. The second-order valence-electron chi connectivity index (χ2n) is 3.48. The molecular formula is C8H14N4. The number of hydrogen-bond donors (Lipinski definition) is 2. The van der Waals surface area contributed by atoms with Gasteiger partial charge in [0.2, 0.25) is 0 Å². The van der Waals surface area contributed by atoms with Crippen molar-refractivity contribution in [3.8, 4) is 0 Å². The number of aromatic amines is 1. The van der Waals surface area contributed by atoms with Crippen molar-refractivity contribution in [2.24, 2.45) is 5.73 Å². The predicted octanol–water partition coefficient (Wildman–Crippen LogP) is 0.790. The Balaban J connectivity index is 1.99. The van der Waals surface area contributed by atoms with Crippen molar-refractivity contribution in [3.05, 3.63) is 12.2 Å². The molecule has 0 amide bonds. The van der Waals surface area contributed by atoms with Gasteiger partial charge >= 0.3 is 0 Å². The van der Waals surface area contributed by atoms with Gasteiger partial charge in [-0.1, -0.05) is 0 Å². The van der Waals surface area contributed by atoms with Gasteiger partial charge in [0.25, 0.3) is 0 Å². The highest BCUT2D eigenvalue weighted by molar-refractivity contribution is 4.95. The minimum atomic E-state index is 0.407. The summed E-state index contributed by atoms with van der Waals surface area (Å²) < 4.78 is 0. The standard InChI is InChI=1S/C8H14N4/c9-7-3-1-6(2-4-7)8-10-5-11-12-8/h5-7H,1-4,9H2,(H,10,11,12). The van der Waals surface area contributed by atoms with Crippen LogP contribution < -0.4 is 5.73 Å². The van der Waals surface area contributed by atoms with Crippen LogP contribution in [0.15, 0.2) is 6.33 Å². The maximum atomic E-state index is 5.80. The predicted molar refractivity (Wildman–Crippen MR) is 45.6 cm³/mol. The average molecular weight is 166 g/mol. The molecule has 0 aliphatic heterocycles. The molecule has 3 N–H and O–H groups in total. The molecule has 4 nitrogen and oxygen atoms in total. The lowest BCUT2D eigenvalue weighted by Crippen LogP contribution is -2.26. The summed E-state index contributed by atoms with van der Waals surface area (Å²) in [6.07, 6.45) is 6.10. The third kappa shape index (κ3) is 1.48. The van der Waals surface area contributed by atoms with Crippen molar-refractivity contribution in [2.45, 2.75) is 37.6 Å². The van der Waals surface area contributed by atoms with Crippen molar-refractivity contribution in [1.29, 1.82) is 0 Å². The molecule has 12 heavy (non-hydrogen) atoms. The third-order valence-electron chi connectivity index (χ3n) is 2.59. The Morgan fingerprint density at radius 2 is 2.08 bits per heavy atom. The maximum absolute atomic E-state index is 5.80. The molecule has 1 aromatic heterocycles. The summed E-state index contributed by atoms with van der Waals surface area (Å²) in [6, 6.07) is 0.407. The molecule has 1 aliphatic rings. The molecule has 0 spiro atoms. The normalized spacial score (nSPS) is 30.4. The SMILES string of the molecule is NC1CCC(c2ncn[nH]2)CC1. The second-order valence-corrected chi connectivity index (χ2v) is 3.48. The number of H-pyrrole nitrogens is 1. The lowest BCUT2D eigenvalue weighted by atomic mass is 9.86. The number of hydrogen-bond acceptors (Lipinski definition) is 3. The number of nitrogens with one attached hydrogen (secondary N) is 1. The lowest BCUT2D eigenvalue weighted by Gasteiger charge is -2.23. The molecular weight excluding hydrogens is 152 g/mol. The van der Waals surface area contributed by atoms with Gasteiger partial charge in [-0.15, -0.1) is 0 Å². The Labute approximate surface area is 71.6 Å². The van der Waals surface area contributed by atoms with Crippen LogP contribution in [0.1, 0.15) is 37.4 Å². The number of nitrogens with two attached hydrogens (primary N) is 1. The molecule has 0 saturated heterocycles. The van der Waals surface area contributed by atoms with E-state index >= 15 is 0 Å². The van der Waals surface area contributed by atoms with Gasteiger partial charge in [0.1, 0.15) is 12.2 Å². The maximum Gasteiger partial charge on any atom is 0.137 e. The van der Waals surface area contributed by atoms with Crippen LogP contribution >= 0.6 is 0 Å². The summed E-state index contributed by atoms with van der Waals surface area (Å²) >= 11 is 0. The molecule has 66 valence electrons. The molecule has 1 saturated carbocycles. The molecule has 0 unspecified atom stereocenters. The lowest BCUT2D eigenvalue weighted by molar-refractivity contribution is 0.385. The summed E-state index contributed by atoms with van der Waals surface area (Å²) in [4.78, 5) is 4.16. The van der Waals surface area contributed by atoms with E-state index in [0.717, 1.165) is 31.5 Å². The van der Waals surface area contributed by atoms with Crippen LogP contribution in [0.2, 0.25) is 0 Å². The van der Waals surface area contributed by atoms with E-state index in [9.17, 15) is 0 Å². The Bertz CT molecular complexity index is 223. The average Bonchev–Trinajstić information content (AvgIpc) is 2.58. The van der Waals surface area contributed by atoms with Gasteiger partial charge in [-0.3, -0.25) is 5.10 Å². The van der Waals surface area contributed by atoms with Crippen molar-refractivity contribution in [2.75, 3.05) is 0 Å². The van der Waals surface area contributed by atoms with Crippen molar-refractivity contribution in [3.63, 3.8) is 0 Å². The van der Waals surface area contributed by atoms with Gasteiger partial charge in [0.15, 0.2) is 0 Å². The van der Waals surface area contributed by atoms with E-state index in [0.29, 0.717) is 12.0 Å². The fourth-order valence-corrected chi connectivity index (χ4v) is 1.80. The van der Waals surface area contributed by atoms with Gasteiger partial charge in [-0.05, 0) is 25.7 Å². The number of rotatable bonds is 1. The van der Waals surface area contributed by atoms with Crippen molar-refractivity contribution < 1.29 is 0 Å². The van der Waals surface area contributed by atoms with E-state index in [1.54, 1.807) is 6.33 Å². The Morgan fingerprint density at radius 1 is 1.33 bits per heavy atom. The smallest absolute Gasteiger partial charge is 0.137 e. The Hall–Kier alpha value is -0.900. The molecule has 0 aromatic carbocycles. The van der Waals surface area contributed by atoms with Crippen LogP contribution in [0.5, 0.6) is 0 Å². The number of nitrogens with zero attached hydrogens (tertiary/aromatic N) is 2. The largest absolute Gasteiger partial charge is 0.328 e. The van der Waals surface area contributed by atoms with Gasteiger partial charge in [-0.25, -0.2) is 4.98 Å². The minimum absolute atomic E-state index is 0.407. The minimum Gasteiger partial charge on any atom is -0.328 e. The van der Waals surface area contributed by atoms with Crippen molar-refractivity contribution >= 4 is 0 Å². The first-order valence-corrected chi connectivity index (χ1v) is 4.47. The van der Waals surface area contributed by atoms with E-state index in [4.69, 9.17) is 5.73 Å². The quantitative estimate of drug-likeness (QED) is 0.648. The highest BCUT2D eigenvalue weighted by Gasteiger charge is 2.21. The van der Waals surface area contributed by atoms with E-state index in [-0.39, 0.29) is 0 Å². The first-order valence-electron chi connectivity index (χ1n) is 4.47. The summed E-state index contributed by atoms with van der Waals surface area (Å²) in [5.41, 5.74) is 5.80. The van der Waals surface area contributed by atoms with Gasteiger partial charge in [-0.2, -0.15) is 5.10 Å². The molecule has 1 aromatic rings. The van der Waals surface area contributed by atoms with Gasteiger partial charge in [0.05, 0.1) is 0 Å². The first-order chi connectivity index (χ1) is 5.86. The third-order valence-corrected chi connectivity index (χ3v) is 2.59. The van der Waals surface area contributed by atoms with Crippen LogP contribution in [-0.4, -0.2) is 21.2 Å². The van der Waals surface area contributed by atoms with Crippen molar-refractivity contribution in [1.82, 2.24) is 15.2 Å². The Morgan fingerprint density at radius 3 is 2.67 bits per heavy atom. The van der Waals surface area contributed by atoms with Crippen LogP contribution in [-0.2, 0) is 0 Å². The van der Waals surface area contributed by atoms with Gasteiger partial charge in [0, 0.05) is 12.0 Å². The van der Waals surface area contributed by atoms with E-state index in [1.807, 2.05) is 0 Å². The molecule has 1 fully saturated rings.